The van der Waals surface area contributed by atoms with Gasteiger partial charge >= 0.3 is 5.97 Å². The van der Waals surface area contributed by atoms with Gasteiger partial charge in [0.05, 0.1) is 4.90 Å². The first-order valence-corrected chi connectivity index (χ1v) is 9.61. The molecule has 144 valence electrons. The third-order valence-corrected chi connectivity index (χ3v) is 5.65. The summed E-state index contributed by atoms with van der Waals surface area (Å²) < 4.78 is 27.6. The lowest BCUT2D eigenvalue weighted by Crippen LogP contribution is -2.48. The lowest BCUT2D eigenvalue weighted by Gasteiger charge is -2.18. The van der Waals surface area contributed by atoms with Gasteiger partial charge in [-0.15, -0.1) is 0 Å². The number of amides is 1. The smallest absolute Gasteiger partial charge is 0.323 e. The van der Waals surface area contributed by atoms with Gasteiger partial charge < -0.3 is 10.4 Å². The number of aromatic nitrogens is 1. The molecule has 0 aliphatic rings. The fraction of sp³-hybridized carbons (Fsp3) is 0.278. The normalized spacial score (nSPS) is 12.4. The summed E-state index contributed by atoms with van der Waals surface area (Å²) in [4.78, 5) is 27.4. The van der Waals surface area contributed by atoms with Crippen LogP contribution in [-0.4, -0.2) is 43.0 Å². The summed E-state index contributed by atoms with van der Waals surface area (Å²) in [6.07, 6.45) is 2.85. The minimum atomic E-state index is -4.09. The number of rotatable bonds is 7. The molecule has 0 saturated heterocycles. The zero-order chi connectivity index (χ0) is 20.2. The Balaban J connectivity index is 2.18. The van der Waals surface area contributed by atoms with Crippen LogP contribution in [0.2, 0.25) is 0 Å². The maximum absolute atomic E-state index is 12.7. The molecule has 0 fully saturated rings. The number of nitrogens with zero attached hydrogens (tertiary/aromatic N) is 1. The van der Waals surface area contributed by atoms with E-state index >= 15 is 0 Å². The lowest BCUT2D eigenvalue weighted by atomic mass is 10.1. The summed E-state index contributed by atoms with van der Waals surface area (Å²) in [6, 6.07) is 4.84. The van der Waals surface area contributed by atoms with Crippen molar-refractivity contribution in [3.63, 3.8) is 0 Å². The maximum Gasteiger partial charge on any atom is 0.323 e. The van der Waals surface area contributed by atoms with Gasteiger partial charge in [0.1, 0.15) is 6.04 Å². The summed E-state index contributed by atoms with van der Waals surface area (Å²) in [6.45, 7) is 4.74. The average Bonchev–Trinajstić information content (AvgIpc) is 2.57. The SMILES string of the molecule is Cc1cc(C)c(S(=O)(=O)N[C@H](CNC(=O)c2ccncc2)C(=O)O)c(C)c1. The molecular weight excluding hydrogens is 370 g/mol. The minimum Gasteiger partial charge on any atom is -0.480 e. The van der Waals surface area contributed by atoms with Gasteiger partial charge in [0.25, 0.3) is 5.91 Å². The molecular formula is C18H21N3O5S. The van der Waals surface area contributed by atoms with Crippen molar-refractivity contribution >= 4 is 21.9 Å². The Hall–Kier alpha value is -2.78. The Bertz CT molecular complexity index is 935. The maximum atomic E-state index is 12.7. The van der Waals surface area contributed by atoms with Gasteiger partial charge in [-0.25, -0.2) is 8.42 Å². The van der Waals surface area contributed by atoms with E-state index in [0.29, 0.717) is 16.7 Å². The quantitative estimate of drug-likeness (QED) is 0.650. The second kappa shape index (κ2) is 8.28. The molecule has 1 atom stereocenters. The predicted molar refractivity (Wildman–Crippen MR) is 99.0 cm³/mol. The third-order valence-electron chi connectivity index (χ3n) is 3.88. The van der Waals surface area contributed by atoms with Crippen molar-refractivity contribution in [1.29, 1.82) is 0 Å². The predicted octanol–water partition coefficient (Wildman–Crippen LogP) is 1.17. The number of benzene rings is 1. The highest BCUT2D eigenvalue weighted by atomic mass is 32.2. The number of carboxylic acids is 1. The fourth-order valence-corrected chi connectivity index (χ4v) is 4.46. The fourth-order valence-electron chi connectivity index (χ4n) is 2.82. The Morgan fingerprint density at radius 1 is 1.11 bits per heavy atom. The van der Waals surface area contributed by atoms with Crippen LogP contribution in [0.25, 0.3) is 0 Å². The van der Waals surface area contributed by atoms with E-state index in [2.05, 4.69) is 15.0 Å². The molecule has 0 aliphatic carbocycles. The number of nitrogens with one attached hydrogen (secondary N) is 2. The molecule has 2 aromatic rings. The highest BCUT2D eigenvalue weighted by Crippen LogP contribution is 2.21. The molecule has 1 heterocycles. The highest BCUT2D eigenvalue weighted by molar-refractivity contribution is 7.89. The summed E-state index contributed by atoms with van der Waals surface area (Å²) in [7, 11) is -4.09. The van der Waals surface area contributed by atoms with Crippen LogP contribution in [0.15, 0.2) is 41.6 Å². The molecule has 0 spiro atoms. The van der Waals surface area contributed by atoms with Gasteiger partial charge in [-0.05, 0) is 44.0 Å². The van der Waals surface area contributed by atoms with Crippen molar-refractivity contribution in [3.05, 3.63) is 58.9 Å². The second-order valence-corrected chi connectivity index (χ2v) is 7.84. The Morgan fingerprint density at radius 3 is 2.19 bits per heavy atom. The largest absolute Gasteiger partial charge is 0.480 e. The Labute approximate surface area is 157 Å². The first kappa shape index (κ1) is 20.5. The summed E-state index contributed by atoms with van der Waals surface area (Å²) in [5.41, 5.74) is 2.24. The topological polar surface area (TPSA) is 125 Å². The molecule has 0 bridgehead atoms. The summed E-state index contributed by atoms with van der Waals surface area (Å²) in [5, 5.41) is 11.8. The van der Waals surface area contributed by atoms with Gasteiger partial charge in [-0.1, -0.05) is 17.7 Å². The van der Waals surface area contributed by atoms with Crippen LogP contribution in [0, 0.1) is 20.8 Å². The number of sulfonamides is 1. The lowest BCUT2D eigenvalue weighted by molar-refractivity contribution is -0.138. The number of aryl methyl sites for hydroxylation is 3. The van der Waals surface area contributed by atoms with E-state index in [0.717, 1.165) is 5.56 Å². The van der Waals surface area contributed by atoms with Crippen LogP contribution in [0.3, 0.4) is 0 Å². The van der Waals surface area contributed by atoms with Crippen molar-refractivity contribution in [2.45, 2.75) is 31.7 Å². The first-order chi connectivity index (χ1) is 12.6. The van der Waals surface area contributed by atoms with E-state index in [-0.39, 0.29) is 4.90 Å². The third kappa shape index (κ3) is 5.11. The zero-order valence-electron chi connectivity index (χ0n) is 15.2. The molecule has 1 amide bonds. The van der Waals surface area contributed by atoms with E-state index in [1.54, 1.807) is 26.0 Å². The molecule has 2 rings (SSSR count). The number of carboxylic acid groups (broad SMARTS) is 1. The Kier molecular flexibility index (Phi) is 6.29. The van der Waals surface area contributed by atoms with Crippen molar-refractivity contribution in [2.24, 2.45) is 0 Å². The standard InChI is InChI=1S/C18H21N3O5S/c1-11-8-12(2)16(13(3)9-11)27(25,26)21-15(18(23)24)10-20-17(22)14-4-6-19-7-5-14/h4-9,15,21H,10H2,1-3H3,(H,20,22)(H,23,24)/t15-/m1/s1. The van der Waals surface area contributed by atoms with Crippen LogP contribution < -0.4 is 10.0 Å². The molecule has 1 aromatic heterocycles. The molecule has 27 heavy (non-hydrogen) atoms. The minimum absolute atomic E-state index is 0.0415. The monoisotopic (exact) mass is 391 g/mol. The molecule has 0 unspecified atom stereocenters. The number of hydrogen-bond donors (Lipinski definition) is 3. The number of aliphatic carboxylic acids is 1. The van der Waals surface area contributed by atoms with Crippen molar-refractivity contribution in [2.75, 3.05) is 6.54 Å². The van der Waals surface area contributed by atoms with Crippen molar-refractivity contribution < 1.29 is 23.1 Å². The van der Waals surface area contributed by atoms with Crippen molar-refractivity contribution in [1.82, 2.24) is 15.0 Å². The molecule has 9 heteroatoms. The zero-order valence-corrected chi connectivity index (χ0v) is 16.0. The van der Waals surface area contributed by atoms with E-state index < -0.39 is 34.5 Å². The number of carbonyl (C=O) groups is 2. The number of pyridine rings is 1. The van der Waals surface area contributed by atoms with Gasteiger partial charge in [0.2, 0.25) is 10.0 Å². The van der Waals surface area contributed by atoms with Gasteiger partial charge in [-0.2, -0.15) is 4.72 Å². The highest BCUT2D eigenvalue weighted by Gasteiger charge is 2.28. The Morgan fingerprint density at radius 2 is 1.67 bits per heavy atom. The second-order valence-electron chi connectivity index (χ2n) is 6.19. The van der Waals surface area contributed by atoms with Gasteiger partial charge in [0, 0.05) is 24.5 Å². The summed E-state index contributed by atoms with van der Waals surface area (Å²) in [5.74, 6) is -1.92. The molecule has 8 nitrogen and oxygen atoms in total. The molecule has 1 aromatic carbocycles. The summed E-state index contributed by atoms with van der Waals surface area (Å²) >= 11 is 0. The van der Waals surface area contributed by atoms with Crippen LogP contribution in [-0.2, 0) is 14.8 Å². The molecule has 0 saturated carbocycles. The van der Waals surface area contributed by atoms with E-state index in [1.807, 2.05) is 6.92 Å². The molecule has 3 N–H and O–H groups in total. The van der Waals surface area contributed by atoms with Crippen LogP contribution >= 0.6 is 0 Å². The van der Waals surface area contributed by atoms with Gasteiger partial charge in [0.15, 0.2) is 0 Å². The molecule has 0 radical (unpaired) electrons. The van der Waals surface area contributed by atoms with Gasteiger partial charge in [-0.3, -0.25) is 14.6 Å². The van der Waals surface area contributed by atoms with Crippen LogP contribution in [0.1, 0.15) is 27.0 Å². The van der Waals surface area contributed by atoms with E-state index in [1.165, 1.54) is 24.5 Å². The molecule has 0 aliphatic heterocycles. The first-order valence-electron chi connectivity index (χ1n) is 8.13. The van der Waals surface area contributed by atoms with Crippen LogP contribution in [0.5, 0.6) is 0 Å². The van der Waals surface area contributed by atoms with E-state index in [4.69, 9.17) is 0 Å². The van der Waals surface area contributed by atoms with Crippen LogP contribution in [0.4, 0.5) is 0 Å². The van der Waals surface area contributed by atoms with E-state index in [9.17, 15) is 23.1 Å². The van der Waals surface area contributed by atoms with Crippen molar-refractivity contribution in [3.8, 4) is 0 Å². The average molecular weight is 391 g/mol. The number of carbonyl (C=O) groups excluding carboxylic acids is 1. The number of hydrogen-bond acceptors (Lipinski definition) is 5.